The van der Waals surface area contributed by atoms with E-state index >= 15 is 0 Å². The van der Waals surface area contributed by atoms with Gasteiger partial charge in [0, 0.05) is 37.4 Å². The molecule has 1 aromatic carbocycles. The topological polar surface area (TPSA) is 99.6 Å². The van der Waals surface area contributed by atoms with Crippen LogP contribution in [0.15, 0.2) is 41.8 Å². The number of ether oxygens (including phenoxy) is 4. The molecule has 0 aliphatic carbocycles. The Balaban J connectivity index is 2.02. The second-order valence-corrected chi connectivity index (χ2v) is 5.82. The molecule has 1 atom stereocenters. The van der Waals surface area contributed by atoms with Gasteiger partial charge in [-0.1, -0.05) is 0 Å². The monoisotopic (exact) mass is 385 g/mol. The van der Waals surface area contributed by atoms with Crippen molar-refractivity contribution in [2.75, 3.05) is 14.2 Å². The summed E-state index contributed by atoms with van der Waals surface area (Å²) in [5, 5.41) is 5.54. The third-order valence-electron chi connectivity index (χ3n) is 3.91. The molecule has 0 unspecified atom stereocenters. The molecule has 0 N–H and O–H groups in total. The molecule has 3 rings (SSSR count). The van der Waals surface area contributed by atoms with E-state index in [0.29, 0.717) is 5.56 Å². The minimum atomic E-state index is -0.722. The predicted molar refractivity (Wildman–Crippen MR) is 98.0 cm³/mol. The lowest BCUT2D eigenvalue weighted by atomic mass is 10.1. The molecule has 1 aliphatic heterocycles. The lowest BCUT2D eigenvalue weighted by molar-refractivity contribution is -0.135. The summed E-state index contributed by atoms with van der Waals surface area (Å²) in [6.45, 7) is 2.68. The molecular weight excluding hydrogens is 366 g/mol. The van der Waals surface area contributed by atoms with Gasteiger partial charge in [-0.15, -0.1) is 5.10 Å². The number of amides is 1. The van der Waals surface area contributed by atoms with Gasteiger partial charge in [-0.2, -0.15) is 5.01 Å². The van der Waals surface area contributed by atoms with Crippen LogP contribution in [0.25, 0.3) is 0 Å². The van der Waals surface area contributed by atoms with Crippen molar-refractivity contribution in [3.8, 4) is 17.2 Å². The lowest BCUT2D eigenvalue weighted by Gasteiger charge is -2.19. The first-order valence-corrected chi connectivity index (χ1v) is 8.34. The van der Waals surface area contributed by atoms with Crippen LogP contribution in [0.1, 0.15) is 31.2 Å². The summed E-state index contributed by atoms with van der Waals surface area (Å²) < 4.78 is 21.8. The predicted octanol–water partition coefficient (Wildman–Crippen LogP) is 2.26. The Bertz CT molecular complexity index is 904. The highest BCUT2D eigenvalue weighted by Gasteiger charge is 2.34. The second-order valence-electron chi connectivity index (χ2n) is 5.82. The molecule has 1 aliphatic rings. The SMILES string of the molecule is COc1cc(C2=NN(C(C)=O)[C@H](c3ccncc3)O2)cc(OC)c1OC(C)=O. The number of hydrazone groups is 1. The molecule has 0 radical (unpaired) electrons. The standard InChI is InChI=1S/C19H19N3O6/c1-11(23)22-19(13-5-7-20-8-6-13)28-18(21-22)14-9-15(25-3)17(27-12(2)24)16(10-14)26-4/h5-10,19H,1-4H3/t19-/m0/s1. The summed E-state index contributed by atoms with van der Waals surface area (Å²) in [4.78, 5) is 27.4. The Labute approximate surface area is 161 Å². The van der Waals surface area contributed by atoms with Crippen LogP contribution in [-0.4, -0.2) is 42.0 Å². The zero-order valence-corrected chi connectivity index (χ0v) is 15.8. The molecule has 1 aromatic heterocycles. The van der Waals surface area contributed by atoms with Gasteiger partial charge in [0.1, 0.15) is 0 Å². The Morgan fingerprint density at radius 1 is 1.07 bits per heavy atom. The molecule has 2 aromatic rings. The molecular formula is C19H19N3O6. The summed E-state index contributed by atoms with van der Waals surface area (Å²) in [7, 11) is 2.87. The van der Waals surface area contributed by atoms with Crippen LogP contribution in [0.5, 0.6) is 17.2 Å². The number of benzene rings is 1. The van der Waals surface area contributed by atoms with Crippen LogP contribution in [0, 0.1) is 0 Å². The molecule has 9 nitrogen and oxygen atoms in total. The maximum absolute atomic E-state index is 12.0. The van der Waals surface area contributed by atoms with Crippen molar-refractivity contribution in [2.24, 2.45) is 5.10 Å². The van der Waals surface area contributed by atoms with E-state index in [1.165, 1.54) is 33.1 Å². The smallest absolute Gasteiger partial charge is 0.308 e. The number of rotatable bonds is 5. The molecule has 146 valence electrons. The van der Waals surface area contributed by atoms with Crippen LogP contribution in [0.4, 0.5) is 0 Å². The van der Waals surface area contributed by atoms with Crippen molar-refractivity contribution < 1.29 is 28.5 Å². The Hall–Kier alpha value is -3.62. The van der Waals surface area contributed by atoms with Crippen molar-refractivity contribution in [2.45, 2.75) is 20.1 Å². The van der Waals surface area contributed by atoms with Gasteiger partial charge in [-0.3, -0.25) is 14.6 Å². The van der Waals surface area contributed by atoms with Crippen LogP contribution in [0.2, 0.25) is 0 Å². The van der Waals surface area contributed by atoms with E-state index in [1.807, 2.05) is 0 Å². The van der Waals surface area contributed by atoms with Crippen molar-refractivity contribution >= 4 is 17.8 Å². The summed E-state index contributed by atoms with van der Waals surface area (Å²) in [5.74, 6) is 0.0682. The quantitative estimate of drug-likeness (QED) is 0.575. The average molecular weight is 385 g/mol. The number of hydrogen-bond acceptors (Lipinski definition) is 8. The highest BCUT2D eigenvalue weighted by Crippen LogP contribution is 2.40. The molecule has 0 saturated heterocycles. The van der Waals surface area contributed by atoms with Crippen molar-refractivity contribution in [3.63, 3.8) is 0 Å². The summed E-state index contributed by atoms with van der Waals surface area (Å²) in [6, 6.07) is 6.66. The number of hydrogen-bond donors (Lipinski definition) is 0. The third-order valence-corrected chi connectivity index (χ3v) is 3.91. The first kappa shape index (κ1) is 19.2. The second kappa shape index (κ2) is 7.95. The van der Waals surface area contributed by atoms with E-state index in [2.05, 4.69) is 10.1 Å². The van der Waals surface area contributed by atoms with Gasteiger partial charge in [-0.25, -0.2) is 0 Å². The van der Waals surface area contributed by atoms with E-state index in [1.54, 1.807) is 36.7 Å². The first-order chi connectivity index (χ1) is 13.4. The highest BCUT2D eigenvalue weighted by atomic mass is 16.6. The number of esters is 1. The Kier molecular flexibility index (Phi) is 5.44. The minimum Gasteiger partial charge on any atom is -0.493 e. The molecule has 0 saturated carbocycles. The number of pyridine rings is 1. The fourth-order valence-electron chi connectivity index (χ4n) is 2.68. The molecule has 0 spiro atoms. The van der Waals surface area contributed by atoms with Crippen molar-refractivity contribution in [1.82, 2.24) is 9.99 Å². The largest absolute Gasteiger partial charge is 0.493 e. The zero-order chi connectivity index (χ0) is 20.3. The summed E-state index contributed by atoms with van der Waals surface area (Å²) >= 11 is 0. The van der Waals surface area contributed by atoms with Crippen molar-refractivity contribution in [3.05, 3.63) is 47.8 Å². The Morgan fingerprint density at radius 2 is 1.68 bits per heavy atom. The van der Waals surface area contributed by atoms with Gasteiger partial charge in [-0.05, 0) is 24.3 Å². The van der Waals surface area contributed by atoms with Crippen LogP contribution >= 0.6 is 0 Å². The normalized spacial score (nSPS) is 15.5. The van der Waals surface area contributed by atoms with E-state index in [9.17, 15) is 9.59 Å². The summed E-state index contributed by atoms with van der Waals surface area (Å²) in [6.07, 6.45) is 2.49. The van der Waals surface area contributed by atoms with E-state index < -0.39 is 12.2 Å². The molecule has 0 bridgehead atoms. The molecule has 2 heterocycles. The Morgan fingerprint density at radius 3 is 2.18 bits per heavy atom. The zero-order valence-electron chi connectivity index (χ0n) is 15.8. The number of carbonyl (C=O) groups excluding carboxylic acids is 2. The van der Waals surface area contributed by atoms with Gasteiger partial charge in [0.2, 0.25) is 23.8 Å². The van der Waals surface area contributed by atoms with Crippen LogP contribution in [-0.2, 0) is 14.3 Å². The fourth-order valence-corrected chi connectivity index (χ4v) is 2.68. The van der Waals surface area contributed by atoms with Gasteiger partial charge in [0.15, 0.2) is 11.5 Å². The lowest BCUT2D eigenvalue weighted by Crippen LogP contribution is -2.25. The van der Waals surface area contributed by atoms with E-state index in [4.69, 9.17) is 18.9 Å². The first-order valence-electron chi connectivity index (χ1n) is 8.34. The number of methoxy groups -OCH3 is 2. The van der Waals surface area contributed by atoms with Crippen molar-refractivity contribution in [1.29, 1.82) is 0 Å². The third kappa shape index (κ3) is 3.73. The number of nitrogens with zero attached hydrogens (tertiary/aromatic N) is 3. The number of carbonyl (C=O) groups is 2. The summed E-state index contributed by atoms with van der Waals surface area (Å²) in [5.41, 5.74) is 1.21. The number of aromatic nitrogens is 1. The van der Waals surface area contributed by atoms with Crippen LogP contribution in [0.3, 0.4) is 0 Å². The van der Waals surface area contributed by atoms with E-state index in [0.717, 1.165) is 5.56 Å². The maximum Gasteiger partial charge on any atom is 0.308 e. The van der Waals surface area contributed by atoms with Crippen LogP contribution < -0.4 is 14.2 Å². The highest BCUT2D eigenvalue weighted by molar-refractivity contribution is 5.97. The fraction of sp³-hybridized carbons (Fsp3) is 0.263. The van der Waals surface area contributed by atoms with Gasteiger partial charge >= 0.3 is 5.97 Å². The minimum absolute atomic E-state index is 0.147. The van der Waals surface area contributed by atoms with Gasteiger partial charge in [0.05, 0.1) is 14.2 Å². The molecule has 28 heavy (non-hydrogen) atoms. The maximum atomic E-state index is 12.0. The van der Waals surface area contributed by atoms with E-state index in [-0.39, 0.29) is 29.1 Å². The molecule has 1 amide bonds. The average Bonchev–Trinajstić information content (AvgIpc) is 3.14. The molecule has 9 heteroatoms. The molecule has 0 fully saturated rings. The van der Waals surface area contributed by atoms with Gasteiger partial charge in [0.25, 0.3) is 0 Å². The van der Waals surface area contributed by atoms with Gasteiger partial charge < -0.3 is 18.9 Å².